The zero-order valence-corrected chi connectivity index (χ0v) is 12.1. The van der Waals surface area contributed by atoms with E-state index >= 15 is 0 Å². The molecule has 1 aromatic rings. The number of imide groups is 1. The molecule has 2 amide bonds. The number of benzene rings is 1. The van der Waals surface area contributed by atoms with Gasteiger partial charge in [0, 0.05) is 12.1 Å². The Labute approximate surface area is 126 Å². The third-order valence-electron chi connectivity index (χ3n) is 3.35. The number of carbonyl (C=O) groups is 2. The maximum Gasteiger partial charge on any atom is 0.293 e. The molecule has 1 unspecified atom stereocenters. The smallest absolute Gasteiger partial charge is 0.293 e. The van der Waals surface area contributed by atoms with E-state index in [-0.39, 0.29) is 35.3 Å². The largest absolute Gasteiger partial charge is 0.368 e. The number of hydrogen-bond donors (Lipinski definition) is 1. The van der Waals surface area contributed by atoms with Gasteiger partial charge in [-0.1, -0.05) is 0 Å². The van der Waals surface area contributed by atoms with E-state index in [0.29, 0.717) is 0 Å². The number of nitrogens with zero attached hydrogens (tertiary/aromatic N) is 3. The highest BCUT2D eigenvalue weighted by Crippen LogP contribution is 2.28. The van der Waals surface area contributed by atoms with Crippen molar-refractivity contribution in [2.75, 3.05) is 5.32 Å². The van der Waals surface area contributed by atoms with E-state index in [0.717, 1.165) is 11.0 Å². The van der Waals surface area contributed by atoms with E-state index in [4.69, 9.17) is 5.26 Å². The summed E-state index contributed by atoms with van der Waals surface area (Å²) in [4.78, 5) is 35.6. The van der Waals surface area contributed by atoms with Crippen LogP contribution < -0.4 is 5.32 Å². The highest BCUT2D eigenvalue weighted by atomic mass is 16.6. The lowest BCUT2D eigenvalue weighted by atomic mass is 10.1. The molecule has 22 heavy (non-hydrogen) atoms. The van der Waals surface area contributed by atoms with Gasteiger partial charge in [-0.25, -0.2) is 0 Å². The normalized spacial score (nSPS) is 17.7. The van der Waals surface area contributed by atoms with Crippen LogP contribution in [0.5, 0.6) is 0 Å². The van der Waals surface area contributed by atoms with E-state index in [1.165, 1.54) is 12.1 Å². The van der Waals surface area contributed by atoms with Crippen molar-refractivity contribution in [3.05, 3.63) is 33.9 Å². The van der Waals surface area contributed by atoms with Crippen LogP contribution in [-0.2, 0) is 9.59 Å². The third kappa shape index (κ3) is 2.74. The molecular formula is C14H14N4O4. The van der Waals surface area contributed by atoms with Gasteiger partial charge in [0.1, 0.15) is 11.7 Å². The summed E-state index contributed by atoms with van der Waals surface area (Å²) in [6.45, 7) is 3.45. The first kappa shape index (κ1) is 15.4. The van der Waals surface area contributed by atoms with Gasteiger partial charge >= 0.3 is 0 Å². The average Bonchev–Trinajstić information content (AvgIpc) is 2.73. The van der Waals surface area contributed by atoms with E-state index < -0.39 is 16.9 Å². The zero-order chi connectivity index (χ0) is 16.4. The molecule has 8 nitrogen and oxygen atoms in total. The Balaban J connectivity index is 2.29. The molecule has 1 aromatic carbocycles. The lowest BCUT2D eigenvalue weighted by Crippen LogP contribution is -2.39. The van der Waals surface area contributed by atoms with Gasteiger partial charge in [-0.3, -0.25) is 24.6 Å². The van der Waals surface area contributed by atoms with Crippen molar-refractivity contribution in [2.45, 2.75) is 32.4 Å². The lowest BCUT2D eigenvalue weighted by Gasteiger charge is -2.19. The van der Waals surface area contributed by atoms with Crippen molar-refractivity contribution in [2.24, 2.45) is 0 Å². The molecule has 0 radical (unpaired) electrons. The van der Waals surface area contributed by atoms with Gasteiger partial charge < -0.3 is 5.32 Å². The first-order chi connectivity index (χ1) is 10.3. The first-order valence-electron chi connectivity index (χ1n) is 6.66. The first-order valence-corrected chi connectivity index (χ1v) is 6.66. The third-order valence-corrected chi connectivity index (χ3v) is 3.35. The molecule has 0 saturated carbocycles. The summed E-state index contributed by atoms with van der Waals surface area (Å²) in [7, 11) is 0. The van der Waals surface area contributed by atoms with Crippen molar-refractivity contribution < 1.29 is 14.5 Å². The van der Waals surface area contributed by atoms with Crippen LogP contribution in [0.2, 0.25) is 0 Å². The Morgan fingerprint density at radius 1 is 1.45 bits per heavy atom. The Bertz CT molecular complexity index is 693. The minimum absolute atomic E-state index is 0.0475. The predicted octanol–water partition coefficient (Wildman–Crippen LogP) is 1.41. The molecular weight excluding hydrogens is 288 g/mol. The molecule has 1 atom stereocenters. The summed E-state index contributed by atoms with van der Waals surface area (Å²) >= 11 is 0. The fraction of sp³-hybridized carbons (Fsp3) is 0.357. The molecule has 1 saturated heterocycles. The Morgan fingerprint density at radius 3 is 2.64 bits per heavy atom. The van der Waals surface area contributed by atoms with Gasteiger partial charge in [0.05, 0.1) is 23.0 Å². The molecule has 2 rings (SSSR count). The van der Waals surface area contributed by atoms with Crippen LogP contribution >= 0.6 is 0 Å². The molecule has 8 heteroatoms. The quantitative estimate of drug-likeness (QED) is 0.510. The fourth-order valence-electron chi connectivity index (χ4n) is 2.37. The van der Waals surface area contributed by atoms with E-state index in [1.807, 2.05) is 6.07 Å². The summed E-state index contributed by atoms with van der Waals surface area (Å²) in [6.07, 6.45) is -0.0475. The number of anilines is 1. The second kappa shape index (κ2) is 5.81. The number of nitriles is 1. The molecule has 1 heterocycles. The molecule has 1 aliphatic heterocycles. The summed E-state index contributed by atoms with van der Waals surface area (Å²) in [5.41, 5.74) is -0.0436. The van der Waals surface area contributed by atoms with Crippen molar-refractivity contribution in [3.63, 3.8) is 0 Å². The second-order valence-corrected chi connectivity index (χ2v) is 5.20. The second-order valence-electron chi connectivity index (χ2n) is 5.20. The van der Waals surface area contributed by atoms with Crippen molar-refractivity contribution in [1.82, 2.24) is 4.90 Å². The summed E-state index contributed by atoms with van der Waals surface area (Å²) in [5, 5.41) is 22.6. The van der Waals surface area contributed by atoms with Crippen LogP contribution in [0.25, 0.3) is 0 Å². The molecule has 1 N–H and O–H groups in total. The Kier molecular flexibility index (Phi) is 4.08. The van der Waals surface area contributed by atoms with Crippen LogP contribution in [0.4, 0.5) is 11.4 Å². The topological polar surface area (TPSA) is 116 Å². The van der Waals surface area contributed by atoms with Crippen LogP contribution in [-0.4, -0.2) is 33.7 Å². The number of nitro benzene ring substituents is 1. The van der Waals surface area contributed by atoms with Crippen molar-refractivity contribution in [1.29, 1.82) is 5.26 Å². The van der Waals surface area contributed by atoms with Crippen LogP contribution in [0.1, 0.15) is 25.8 Å². The molecule has 1 aliphatic rings. The summed E-state index contributed by atoms with van der Waals surface area (Å²) in [5.74, 6) is -0.715. The van der Waals surface area contributed by atoms with E-state index in [1.54, 1.807) is 13.8 Å². The highest BCUT2D eigenvalue weighted by Gasteiger charge is 2.40. The van der Waals surface area contributed by atoms with Crippen LogP contribution in [0, 0.1) is 21.4 Å². The monoisotopic (exact) mass is 302 g/mol. The number of carbonyl (C=O) groups excluding carboxylic acids is 2. The van der Waals surface area contributed by atoms with Crippen molar-refractivity contribution in [3.8, 4) is 6.07 Å². The highest BCUT2D eigenvalue weighted by molar-refractivity contribution is 6.07. The Morgan fingerprint density at radius 2 is 2.14 bits per heavy atom. The van der Waals surface area contributed by atoms with E-state index in [2.05, 4.69) is 5.32 Å². The zero-order valence-electron chi connectivity index (χ0n) is 12.1. The van der Waals surface area contributed by atoms with Gasteiger partial charge in [0.2, 0.25) is 5.91 Å². The molecule has 0 spiro atoms. The molecule has 114 valence electrons. The number of amides is 2. The van der Waals surface area contributed by atoms with Gasteiger partial charge in [0.15, 0.2) is 0 Å². The van der Waals surface area contributed by atoms with Gasteiger partial charge in [-0.2, -0.15) is 5.26 Å². The van der Waals surface area contributed by atoms with Crippen LogP contribution in [0.3, 0.4) is 0 Å². The van der Waals surface area contributed by atoms with Gasteiger partial charge in [0.25, 0.3) is 11.6 Å². The molecule has 0 aliphatic carbocycles. The van der Waals surface area contributed by atoms with Gasteiger partial charge in [-0.05, 0) is 26.0 Å². The standard InChI is InChI=1S/C14H14N4O4/c1-8(2)17-13(19)6-11(14(17)20)16-10-4-3-9(7-15)5-12(10)18(21)22/h3-5,8,11,16H,6H2,1-2H3. The molecule has 1 fully saturated rings. The summed E-state index contributed by atoms with van der Waals surface area (Å²) in [6, 6.07) is 4.64. The number of rotatable bonds is 4. The SMILES string of the molecule is CC(C)N1C(=O)CC(Nc2ccc(C#N)cc2[N+](=O)[O-])C1=O. The van der Waals surface area contributed by atoms with E-state index in [9.17, 15) is 19.7 Å². The minimum Gasteiger partial charge on any atom is -0.368 e. The van der Waals surface area contributed by atoms with Crippen LogP contribution in [0.15, 0.2) is 18.2 Å². The average molecular weight is 302 g/mol. The maximum absolute atomic E-state index is 12.2. The summed E-state index contributed by atoms with van der Waals surface area (Å²) < 4.78 is 0. The van der Waals surface area contributed by atoms with Crippen molar-refractivity contribution >= 4 is 23.2 Å². The fourth-order valence-corrected chi connectivity index (χ4v) is 2.37. The predicted molar refractivity (Wildman–Crippen MR) is 76.8 cm³/mol. The van der Waals surface area contributed by atoms with Gasteiger partial charge in [-0.15, -0.1) is 0 Å². The number of likely N-dealkylation sites (tertiary alicyclic amines) is 1. The molecule has 0 bridgehead atoms. The minimum atomic E-state index is -0.832. The lowest BCUT2D eigenvalue weighted by molar-refractivity contribution is -0.384. The number of hydrogen-bond acceptors (Lipinski definition) is 6. The molecule has 0 aromatic heterocycles. The maximum atomic E-state index is 12.2. The number of nitro groups is 1. The Hall–Kier alpha value is -2.95. The number of nitrogens with one attached hydrogen (secondary N) is 1.